The molecule has 106 valence electrons. The zero-order valence-electron chi connectivity index (χ0n) is 12.7. The molecule has 2 nitrogen and oxygen atoms in total. The maximum atomic E-state index is 3.74. The van der Waals surface area contributed by atoms with Crippen LogP contribution in [0.15, 0.2) is 24.3 Å². The second-order valence-electron chi connectivity index (χ2n) is 5.77. The fourth-order valence-electron chi connectivity index (χ4n) is 2.89. The van der Waals surface area contributed by atoms with Gasteiger partial charge < -0.3 is 10.2 Å². The van der Waals surface area contributed by atoms with Gasteiger partial charge in [0.1, 0.15) is 0 Å². The van der Waals surface area contributed by atoms with Crippen molar-refractivity contribution in [2.45, 2.75) is 46.1 Å². The molecule has 0 saturated carbocycles. The highest BCUT2D eigenvalue weighted by Gasteiger charge is 2.23. The molecular weight excluding hydrogens is 232 g/mol. The van der Waals surface area contributed by atoms with E-state index in [1.165, 1.54) is 37.1 Å². The molecule has 2 unspecified atom stereocenters. The summed E-state index contributed by atoms with van der Waals surface area (Å²) in [5.41, 5.74) is 2.97. The predicted molar refractivity (Wildman–Crippen MR) is 83.9 cm³/mol. The van der Waals surface area contributed by atoms with Crippen LogP contribution in [0.4, 0.5) is 5.69 Å². The van der Waals surface area contributed by atoms with Crippen LogP contribution >= 0.6 is 0 Å². The van der Waals surface area contributed by atoms with E-state index in [4.69, 9.17) is 0 Å². The molecule has 0 spiro atoms. The Morgan fingerprint density at radius 3 is 2.79 bits per heavy atom. The first-order valence-electron chi connectivity index (χ1n) is 7.82. The zero-order chi connectivity index (χ0) is 13.7. The van der Waals surface area contributed by atoms with Gasteiger partial charge in [0, 0.05) is 24.8 Å². The smallest absolute Gasteiger partial charge is 0.0400 e. The average molecular weight is 260 g/mol. The molecule has 1 aliphatic heterocycles. The Morgan fingerprint density at radius 2 is 2.05 bits per heavy atom. The summed E-state index contributed by atoms with van der Waals surface area (Å²) in [6, 6.07) is 9.47. The first-order chi connectivity index (χ1) is 9.26. The quantitative estimate of drug-likeness (QED) is 0.807. The molecule has 2 heteroatoms. The Kier molecular flexibility index (Phi) is 5.26. The molecule has 1 aliphatic rings. The zero-order valence-corrected chi connectivity index (χ0v) is 12.7. The molecule has 1 heterocycles. The maximum absolute atomic E-state index is 3.74. The van der Waals surface area contributed by atoms with Crippen LogP contribution in [0.2, 0.25) is 0 Å². The first kappa shape index (κ1) is 14.4. The number of nitrogens with zero attached hydrogens (tertiary/aromatic N) is 1. The number of rotatable bonds is 7. The Balaban J connectivity index is 2.01. The molecule has 0 fully saturated rings. The minimum atomic E-state index is 0.608. The number of benzene rings is 1. The van der Waals surface area contributed by atoms with Crippen molar-refractivity contribution in [3.8, 4) is 0 Å². The van der Waals surface area contributed by atoms with Crippen LogP contribution < -0.4 is 10.2 Å². The number of fused-ring (bicyclic) bond motifs is 1. The van der Waals surface area contributed by atoms with E-state index in [1.807, 2.05) is 0 Å². The van der Waals surface area contributed by atoms with E-state index in [0.29, 0.717) is 6.04 Å². The fraction of sp³-hybridized carbons (Fsp3) is 0.647. The van der Waals surface area contributed by atoms with Crippen molar-refractivity contribution in [2.24, 2.45) is 5.92 Å². The van der Waals surface area contributed by atoms with Crippen molar-refractivity contribution in [1.29, 1.82) is 0 Å². The Labute approximate surface area is 118 Å². The summed E-state index contributed by atoms with van der Waals surface area (Å²) in [5.74, 6) is 0.735. The predicted octanol–water partition coefficient (Wildman–Crippen LogP) is 3.46. The third kappa shape index (κ3) is 3.50. The lowest BCUT2D eigenvalue weighted by molar-refractivity contribution is 0.367. The van der Waals surface area contributed by atoms with E-state index in [1.54, 1.807) is 0 Å². The molecule has 0 amide bonds. The molecule has 0 aromatic heterocycles. The number of anilines is 1. The van der Waals surface area contributed by atoms with Gasteiger partial charge in [0.15, 0.2) is 0 Å². The monoisotopic (exact) mass is 260 g/mol. The van der Waals surface area contributed by atoms with E-state index in [0.717, 1.165) is 19.0 Å². The van der Waals surface area contributed by atoms with Crippen LogP contribution in [-0.4, -0.2) is 25.7 Å². The standard InChI is InChI=1S/C17H28N2/c1-4-11-18-16(14(3)5-2)13-19-12-10-15-8-6-7-9-17(15)19/h6-9,14,16,18H,4-5,10-13H2,1-3H3. The van der Waals surface area contributed by atoms with Crippen molar-refractivity contribution in [1.82, 2.24) is 5.32 Å². The van der Waals surface area contributed by atoms with Crippen LogP contribution in [0.3, 0.4) is 0 Å². The van der Waals surface area contributed by atoms with Gasteiger partial charge in [-0.1, -0.05) is 45.4 Å². The summed E-state index contributed by atoms with van der Waals surface area (Å²) in [6.45, 7) is 10.4. The van der Waals surface area contributed by atoms with Crippen molar-refractivity contribution in [3.63, 3.8) is 0 Å². The molecular formula is C17H28N2. The molecule has 0 aliphatic carbocycles. The van der Waals surface area contributed by atoms with Crippen molar-refractivity contribution in [2.75, 3.05) is 24.5 Å². The van der Waals surface area contributed by atoms with Gasteiger partial charge in [0.25, 0.3) is 0 Å². The fourth-order valence-corrected chi connectivity index (χ4v) is 2.89. The highest BCUT2D eigenvalue weighted by atomic mass is 15.2. The van der Waals surface area contributed by atoms with Gasteiger partial charge in [-0.05, 0) is 36.9 Å². The molecule has 1 N–H and O–H groups in total. The second-order valence-corrected chi connectivity index (χ2v) is 5.77. The molecule has 2 atom stereocenters. The Bertz CT molecular complexity index is 389. The third-order valence-electron chi connectivity index (χ3n) is 4.39. The lowest BCUT2D eigenvalue weighted by Crippen LogP contribution is -2.44. The van der Waals surface area contributed by atoms with E-state index in [-0.39, 0.29) is 0 Å². The Hall–Kier alpha value is -1.02. The summed E-state index contributed by atoms with van der Waals surface area (Å²) < 4.78 is 0. The molecule has 0 bridgehead atoms. The molecule has 0 radical (unpaired) electrons. The topological polar surface area (TPSA) is 15.3 Å². The Morgan fingerprint density at radius 1 is 1.26 bits per heavy atom. The summed E-state index contributed by atoms with van der Waals surface area (Å²) in [5, 5.41) is 3.74. The minimum Gasteiger partial charge on any atom is -0.369 e. The maximum Gasteiger partial charge on any atom is 0.0400 e. The number of hydrogen-bond donors (Lipinski definition) is 1. The van der Waals surface area contributed by atoms with Crippen LogP contribution in [0.25, 0.3) is 0 Å². The second kappa shape index (κ2) is 6.95. The van der Waals surface area contributed by atoms with Gasteiger partial charge in [-0.3, -0.25) is 0 Å². The summed E-state index contributed by atoms with van der Waals surface area (Å²) in [7, 11) is 0. The number of para-hydroxylation sites is 1. The van der Waals surface area contributed by atoms with Crippen LogP contribution in [0, 0.1) is 5.92 Å². The largest absolute Gasteiger partial charge is 0.369 e. The summed E-state index contributed by atoms with van der Waals surface area (Å²) in [4.78, 5) is 2.56. The van der Waals surface area contributed by atoms with Gasteiger partial charge in [-0.25, -0.2) is 0 Å². The highest BCUT2D eigenvalue weighted by molar-refractivity contribution is 5.57. The normalized spacial score (nSPS) is 17.3. The van der Waals surface area contributed by atoms with Crippen molar-refractivity contribution >= 4 is 5.69 Å². The number of hydrogen-bond acceptors (Lipinski definition) is 2. The van der Waals surface area contributed by atoms with Gasteiger partial charge in [0.2, 0.25) is 0 Å². The first-order valence-corrected chi connectivity index (χ1v) is 7.82. The molecule has 0 saturated heterocycles. The number of nitrogens with one attached hydrogen (secondary N) is 1. The molecule has 2 rings (SSSR count). The van der Waals surface area contributed by atoms with Gasteiger partial charge in [-0.2, -0.15) is 0 Å². The van der Waals surface area contributed by atoms with E-state index in [2.05, 4.69) is 55.3 Å². The van der Waals surface area contributed by atoms with Crippen molar-refractivity contribution in [3.05, 3.63) is 29.8 Å². The molecule has 1 aromatic carbocycles. The van der Waals surface area contributed by atoms with E-state index >= 15 is 0 Å². The van der Waals surface area contributed by atoms with Crippen LogP contribution in [-0.2, 0) is 6.42 Å². The van der Waals surface area contributed by atoms with E-state index in [9.17, 15) is 0 Å². The van der Waals surface area contributed by atoms with E-state index < -0.39 is 0 Å². The molecule has 1 aromatic rings. The lowest BCUT2D eigenvalue weighted by atomic mass is 9.98. The highest BCUT2D eigenvalue weighted by Crippen LogP contribution is 2.28. The molecule has 19 heavy (non-hydrogen) atoms. The van der Waals surface area contributed by atoms with Crippen molar-refractivity contribution < 1.29 is 0 Å². The summed E-state index contributed by atoms with van der Waals surface area (Å²) >= 11 is 0. The van der Waals surface area contributed by atoms with Gasteiger partial charge in [-0.15, -0.1) is 0 Å². The van der Waals surface area contributed by atoms with Gasteiger partial charge in [0.05, 0.1) is 0 Å². The lowest BCUT2D eigenvalue weighted by Gasteiger charge is -2.30. The average Bonchev–Trinajstić information content (AvgIpc) is 2.86. The third-order valence-corrected chi connectivity index (χ3v) is 4.39. The SMILES string of the molecule is CCCNC(CN1CCc2ccccc21)C(C)CC. The van der Waals surface area contributed by atoms with Gasteiger partial charge >= 0.3 is 0 Å². The van der Waals surface area contributed by atoms with Crippen LogP contribution in [0.1, 0.15) is 39.2 Å². The summed E-state index contributed by atoms with van der Waals surface area (Å²) in [6.07, 6.45) is 3.66. The minimum absolute atomic E-state index is 0.608. The van der Waals surface area contributed by atoms with Crippen LogP contribution in [0.5, 0.6) is 0 Å².